The van der Waals surface area contributed by atoms with Crippen LogP contribution in [0.2, 0.25) is 0 Å². The van der Waals surface area contributed by atoms with Gasteiger partial charge in [0, 0.05) is 17.5 Å². The minimum Gasteiger partial charge on any atom is -0.350 e. The molecule has 18 heavy (non-hydrogen) atoms. The third-order valence-electron chi connectivity index (χ3n) is 4.16. The SMILES string of the molecule is CCC(CC)(CC)NC(=O)C(C)CCCC(C)N. The fraction of sp³-hybridized carbons (Fsp3) is 0.933. The molecule has 0 aromatic rings. The van der Waals surface area contributed by atoms with Gasteiger partial charge in [-0.05, 0) is 39.0 Å². The van der Waals surface area contributed by atoms with Crippen molar-refractivity contribution in [2.75, 3.05) is 0 Å². The van der Waals surface area contributed by atoms with E-state index in [4.69, 9.17) is 5.73 Å². The summed E-state index contributed by atoms with van der Waals surface area (Å²) in [7, 11) is 0. The largest absolute Gasteiger partial charge is 0.350 e. The molecular weight excluding hydrogens is 224 g/mol. The van der Waals surface area contributed by atoms with Gasteiger partial charge in [-0.1, -0.05) is 34.1 Å². The van der Waals surface area contributed by atoms with E-state index in [1.165, 1.54) is 0 Å². The summed E-state index contributed by atoms with van der Waals surface area (Å²) in [6, 6.07) is 0.237. The lowest BCUT2D eigenvalue weighted by Gasteiger charge is -2.33. The van der Waals surface area contributed by atoms with E-state index < -0.39 is 0 Å². The summed E-state index contributed by atoms with van der Waals surface area (Å²) in [5.41, 5.74) is 5.71. The van der Waals surface area contributed by atoms with Crippen LogP contribution in [-0.4, -0.2) is 17.5 Å². The molecule has 0 fully saturated rings. The molecule has 1 amide bonds. The van der Waals surface area contributed by atoms with Crippen molar-refractivity contribution >= 4 is 5.91 Å². The first-order valence-electron chi connectivity index (χ1n) is 7.48. The minimum atomic E-state index is -0.00744. The maximum absolute atomic E-state index is 12.2. The molecule has 0 spiro atoms. The quantitative estimate of drug-likeness (QED) is 0.665. The van der Waals surface area contributed by atoms with E-state index >= 15 is 0 Å². The fourth-order valence-corrected chi connectivity index (χ4v) is 2.28. The van der Waals surface area contributed by atoms with E-state index in [-0.39, 0.29) is 23.4 Å². The number of carbonyl (C=O) groups is 1. The first-order valence-corrected chi connectivity index (χ1v) is 7.48. The first-order chi connectivity index (χ1) is 8.40. The standard InChI is InChI=1S/C15H32N2O/c1-6-15(7-2,8-3)17-14(18)12(4)10-9-11-13(5)16/h12-13H,6-11,16H2,1-5H3,(H,17,18). The Labute approximate surface area is 113 Å². The monoisotopic (exact) mass is 256 g/mol. The Bertz CT molecular complexity index is 226. The van der Waals surface area contributed by atoms with Gasteiger partial charge in [0.1, 0.15) is 0 Å². The second-order valence-corrected chi connectivity index (χ2v) is 5.64. The predicted octanol–water partition coefficient (Wildman–Crippen LogP) is 3.23. The van der Waals surface area contributed by atoms with Crippen LogP contribution in [0.15, 0.2) is 0 Å². The van der Waals surface area contributed by atoms with Crippen LogP contribution in [0.5, 0.6) is 0 Å². The van der Waals surface area contributed by atoms with Crippen LogP contribution < -0.4 is 11.1 Å². The smallest absolute Gasteiger partial charge is 0.223 e. The zero-order valence-corrected chi connectivity index (χ0v) is 12.9. The molecule has 0 aliphatic rings. The van der Waals surface area contributed by atoms with Crippen molar-refractivity contribution in [2.45, 2.75) is 84.7 Å². The molecule has 3 heteroatoms. The van der Waals surface area contributed by atoms with E-state index in [9.17, 15) is 4.79 Å². The van der Waals surface area contributed by atoms with Crippen molar-refractivity contribution in [1.29, 1.82) is 0 Å². The lowest BCUT2D eigenvalue weighted by molar-refractivity contribution is -0.127. The number of amides is 1. The van der Waals surface area contributed by atoms with Gasteiger partial charge in [-0.15, -0.1) is 0 Å². The second kappa shape index (κ2) is 8.52. The highest BCUT2D eigenvalue weighted by molar-refractivity contribution is 5.79. The molecule has 0 radical (unpaired) electrons. The van der Waals surface area contributed by atoms with Gasteiger partial charge in [-0.25, -0.2) is 0 Å². The lowest BCUT2D eigenvalue weighted by atomic mass is 9.88. The second-order valence-electron chi connectivity index (χ2n) is 5.64. The van der Waals surface area contributed by atoms with E-state index in [0.717, 1.165) is 38.5 Å². The minimum absolute atomic E-state index is 0.00744. The van der Waals surface area contributed by atoms with Gasteiger partial charge in [-0.2, -0.15) is 0 Å². The summed E-state index contributed by atoms with van der Waals surface area (Å²) in [6.45, 7) is 10.5. The Morgan fingerprint density at radius 3 is 2.00 bits per heavy atom. The number of rotatable bonds is 9. The molecule has 0 saturated heterocycles. The molecule has 0 bridgehead atoms. The molecule has 0 aromatic heterocycles. The molecule has 2 atom stereocenters. The van der Waals surface area contributed by atoms with Crippen LogP contribution in [0.25, 0.3) is 0 Å². The van der Waals surface area contributed by atoms with Crippen molar-refractivity contribution in [3.63, 3.8) is 0 Å². The lowest BCUT2D eigenvalue weighted by Crippen LogP contribution is -2.49. The maximum Gasteiger partial charge on any atom is 0.223 e. The molecule has 108 valence electrons. The number of nitrogens with two attached hydrogens (primary N) is 1. The highest BCUT2D eigenvalue weighted by atomic mass is 16.2. The Morgan fingerprint density at radius 1 is 1.11 bits per heavy atom. The molecule has 3 N–H and O–H groups in total. The Balaban J connectivity index is 4.21. The summed E-state index contributed by atoms with van der Waals surface area (Å²) in [6.07, 6.45) is 5.96. The summed E-state index contributed by atoms with van der Waals surface area (Å²) >= 11 is 0. The average Bonchev–Trinajstić information content (AvgIpc) is 2.35. The van der Waals surface area contributed by atoms with E-state index in [1.54, 1.807) is 0 Å². The van der Waals surface area contributed by atoms with Gasteiger partial charge in [0.2, 0.25) is 5.91 Å². The van der Waals surface area contributed by atoms with Gasteiger partial charge in [-0.3, -0.25) is 4.79 Å². The normalized spacial score (nSPS) is 15.2. The molecule has 0 heterocycles. The third-order valence-corrected chi connectivity index (χ3v) is 4.16. The van der Waals surface area contributed by atoms with Gasteiger partial charge in [0.15, 0.2) is 0 Å². The molecule has 0 rings (SSSR count). The molecule has 3 nitrogen and oxygen atoms in total. The van der Waals surface area contributed by atoms with Crippen LogP contribution in [0.3, 0.4) is 0 Å². The maximum atomic E-state index is 12.2. The highest BCUT2D eigenvalue weighted by Crippen LogP contribution is 2.20. The molecule has 0 aliphatic heterocycles. The van der Waals surface area contributed by atoms with Gasteiger partial charge >= 0.3 is 0 Å². The topological polar surface area (TPSA) is 55.1 Å². The van der Waals surface area contributed by atoms with E-state index in [1.807, 2.05) is 13.8 Å². The number of hydrogen-bond donors (Lipinski definition) is 2. The van der Waals surface area contributed by atoms with Crippen LogP contribution in [0.4, 0.5) is 0 Å². The molecule has 0 aromatic carbocycles. The Morgan fingerprint density at radius 2 is 1.61 bits per heavy atom. The van der Waals surface area contributed by atoms with Gasteiger partial charge < -0.3 is 11.1 Å². The molecular formula is C15H32N2O. The van der Waals surface area contributed by atoms with Crippen LogP contribution >= 0.6 is 0 Å². The predicted molar refractivity (Wildman–Crippen MR) is 78.4 cm³/mol. The first kappa shape index (κ1) is 17.4. The van der Waals surface area contributed by atoms with Crippen molar-refractivity contribution < 1.29 is 4.79 Å². The number of hydrogen-bond acceptors (Lipinski definition) is 2. The molecule has 0 aliphatic carbocycles. The zero-order chi connectivity index (χ0) is 14.2. The highest BCUT2D eigenvalue weighted by Gasteiger charge is 2.27. The van der Waals surface area contributed by atoms with Crippen LogP contribution in [-0.2, 0) is 4.79 Å². The van der Waals surface area contributed by atoms with Crippen molar-refractivity contribution in [3.8, 4) is 0 Å². The zero-order valence-electron chi connectivity index (χ0n) is 12.9. The summed E-state index contributed by atoms with van der Waals surface area (Å²) in [5.74, 6) is 0.290. The summed E-state index contributed by atoms with van der Waals surface area (Å²) in [5, 5.41) is 3.25. The Hall–Kier alpha value is -0.570. The summed E-state index contributed by atoms with van der Waals surface area (Å²) in [4.78, 5) is 12.2. The average molecular weight is 256 g/mol. The number of carbonyl (C=O) groups excluding carboxylic acids is 1. The summed E-state index contributed by atoms with van der Waals surface area (Å²) < 4.78 is 0. The number of nitrogens with one attached hydrogen (secondary N) is 1. The Kier molecular flexibility index (Phi) is 8.25. The van der Waals surface area contributed by atoms with E-state index in [2.05, 4.69) is 26.1 Å². The van der Waals surface area contributed by atoms with Crippen LogP contribution in [0, 0.1) is 5.92 Å². The van der Waals surface area contributed by atoms with Crippen LogP contribution in [0.1, 0.15) is 73.1 Å². The molecule has 0 saturated carbocycles. The van der Waals surface area contributed by atoms with Gasteiger partial charge in [0.25, 0.3) is 0 Å². The van der Waals surface area contributed by atoms with Crippen molar-refractivity contribution in [1.82, 2.24) is 5.32 Å². The fourth-order valence-electron chi connectivity index (χ4n) is 2.28. The van der Waals surface area contributed by atoms with Gasteiger partial charge in [0.05, 0.1) is 0 Å². The van der Waals surface area contributed by atoms with Crippen molar-refractivity contribution in [2.24, 2.45) is 11.7 Å². The third kappa shape index (κ3) is 5.85. The van der Waals surface area contributed by atoms with E-state index in [0.29, 0.717) is 0 Å². The molecule has 2 unspecified atom stereocenters. The van der Waals surface area contributed by atoms with Crippen molar-refractivity contribution in [3.05, 3.63) is 0 Å².